The summed E-state index contributed by atoms with van der Waals surface area (Å²) >= 11 is 0. The number of hydrogen-bond donors (Lipinski definition) is 2. The maximum atomic E-state index is 10.4. The Hall–Kier alpha value is -2.37. The lowest BCUT2D eigenvalue weighted by molar-refractivity contribution is 0.0926. The summed E-state index contributed by atoms with van der Waals surface area (Å²) in [4.78, 5) is 4.63. The number of ether oxygens (including phenoxy) is 1. The lowest BCUT2D eigenvalue weighted by Crippen LogP contribution is -2.24. The molecule has 1 aromatic heterocycles. The van der Waals surface area contributed by atoms with Crippen molar-refractivity contribution < 1.29 is 14.9 Å². The molecule has 0 bridgehead atoms. The van der Waals surface area contributed by atoms with Crippen molar-refractivity contribution in [1.82, 2.24) is 9.55 Å². The number of benzene rings is 2. The monoisotopic (exact) mass is 340 g/mol. The molecule has 5 nitrogen and oxygen atoms in total. The molecule has 5 heteroatoms. The van der Waals surface area contributed by atoms with Crippen LogP contribution in [0.4, 0.5) is 0 Å². The van der Waals surface area contributed by atoms with Crippen molar-refractivity contribution in [2.24, 2.45) is 0 Å². The number of fused-ring (bicyclic) bond motifs is 1. The Morgan fingerprint density at radius 2 is 2.00 bits per heavy atom. The van der Waals surface area contributed by atoms with E-state index in [0.29, 0.717) is 19.4 Å². The van der Waals surface area contributed by atoms with Gasteiger partial charge < -0.3 is 19.5 Å². The Morgan fingerprint density at radius 3 is 2.80 bits per heavy atom. The molecule has 3 rings (SSSR count). The molecule has 0 spiro atoms. The Balaban J connectivity index is 1.72. The van der Waals surface area contributed by atoms with E-state index in [1.807, 2.05) is 60.0 Å². The third kappa shape index (κ3) is 4.38. The molecule has 132 valence electrons. The number of aryl methyl sites for hydroxylation is 2. The van der Waals surface area contributed by atoms with Gasteiger partial charge in [-0.1, -0.05) is 24.3 Å². The summed E-state index contributed by atoms with van der Waals surface area (Å²) < 4.78 is 7.73. The Morgan fingerprint density at radius 1 is 1.16 bits per heavy atom. The average molecular weight is 340 g/mol. The number of hydrogen-bond acceptors (Lipinski definition) is 4. The van der Waals surface area contributed by atoms with Gasteiger partial charge in [0, 0.05) is 13.0 Å². The fraction of sp³-hybridized carbons (Fsp3) is 0.350. The first-order chi connectivity index (χ1) is 12.2. The number of aliphatic hydroxyl groups is 2. The van der Waals surface area contributed by atoms with Crippen LogP contribution in [0.1, 0.15) is 17.8 Å². The van der Waals surface area contributed by atoms with Gasteiger partial charge in [-0.2, -0.15) is 0 Å². The fourth-order valence-corrected chi connectivity index (χ4v) is 2.92. The number of nitrogens with zero attached hydrogens (tertiary/aromatic N) is 2. The van der Waals surface area contributed by atoms with Gasteiger partial charge in [-0.3, -0.25) is 0 Å². The van der Waals surface area contributed by atoms with E-state index in [1.165, 1.54) is 0 Å². The van der Waals surface area contributed by atoms with Crippen LogP contribution in [0.3, 0.4) is 0 Å². The maximum absolute atomic E-state index is 10.4. The van der Waals surface area contributed by atoms with Crippen molar-refractivity contribution in [2.45, 2.75) is 32.4 Å². The Kier molecular flexibility index (Phi) is 5.68. The van der Waals surface area contributed by atoms with Crippen molar-refractivity contribution in [3.05, 3.63) is 59.9 Å². The summed E-state index contributed by atoms with van der Waals surface area (Å²) in [7, 11) is 0. The largest absolute Gasteiger partial charge is 0.491 e. The van der Waals surface area contributed by atoms with E-state index in [-0.39, 0.29) is 13.2 Å². The number of imidazole rings is 1. The van der Waals surface area contributed by atoms with E-state index < -0.39 is 6.10 Å². The fourth-order valence-electron chi connectivity index (χ4n) is 2.92. The third-order valence-electron chi connectivity index (χ3n) is 4.12. The van der Waals surface area contributed by atoms with Crippen LogP contribution < -0.4 is 4.74 Å². The van der Waals surface area contributed by atoms with Crippen LogP contribution in [0, 0.1) is 6.92 Å². The molecule has 2 N–H and O–H groups in total. The molecule has 1 atom stereocenters. The SMILES string of the molecule is Cc1cccc(OCC(O)Cn2c(CCCO)nc3ccccc32)c1. The van der Waals surface area contributed by atoms with Crippen LogP contribution in [0.5, 0.6) is 5.75 Å². The first-order valence-corrected chi connectivity index (χ1v) is 8.60. The third-order valence-corrected chi connectivity index (χ3v) is 4.12. The number of aromatic nitrogens is 2. The number of para-hydroxylation sites is 2. The lowest BCUT2D eigenvalue weighted by Gasteiger charge is -2.16. The van der Waals surface area contributed by atoms with Crippen LogP contribution in [-0.2, 0) is 13.0 Å². The molecule has 0 radical (unpaired) electrons. The summed E-state index contributed by atoms with van der Waals surface area (Å²) in [5, 5.41) is 19.5. The Bertz CT molecular complexity index is 829. The van der Waals surface area contributed by atoms with E-state index in [0.717, 1.165) is 28.2 Å². The maximum Gasteiger partial charge on any atom is 0.119 e. The summed E-state index contributed by atoms with van der Waals surface area (Å²) in [5.41, 5.74) is 3.02. The van der Waals surface area contributed by atoms with Gasteiger partial charge in [-0.25, -0.2) is 4.98 Å². The second kappa shape index (κ2) is 8.14. The van der Waals surface area contributed by atoms with E-state index in [2.05, 4.69) is 4.98 Å². The van der Waals surface area contributed by atoms with Crippen LogP contribution in [0.15, 0.2) is 48.5 Å². The minimum atomic E-state index is -0.647. The predicted octanol–water partition coefficient (Wildman–Crippen LogP) is 2.71. The summed E-state index contributed by atoms with van der Waals surface area (Å²) in [6, 6.07) is 15.7. The van der Waals surface area contributed by atoms with Crippen LogP contribution in [-0.4, -0.2) is 39.1 Å². The van der Waals surface area contributed by atoms with Gasteiger partial charge in [0.2, 0.25) is 0 Å². The van der Waals surface area contributed by atoms with Crippen molar-refractivity contribution in [2.75, 3.05) is 13.2 Å². The normalized spacial score (nSPS) is 12.4. The molecule has 0 fully saturated rings. The zero-order chi connectivity index (χ0) is 17.6. The van der Waals surface area contributed by atoms with Crippen molar-refractivity contribution in [3.63, 3.8) is 0 Å². The molecule has 0 aliphatic heterocycles. The van der Waals surface area contributed by atoms with Crippen molar-refractivity contribution >= 4 is 11.0 Å². The van der Waals surface area contributed by atoms with E-state index in [4.69, 9.17) is 9.84 Å². The van der Waals surface area contributed by atoms with Gasteiger partial charge in [-0.15, -0.1) is 0 Å². The number of rotatable bonds is 8. The quantitative estimate of drug-likeness (QED) is 0.662. The van der Waals surface area contributed by atoms with Crippen molar-refractivity contribution in [3.8, 4) is 5.75 Å². The summed E-state index contributed by atoms with van der Waals surface area (Å²) in [6.45, 7) is 2.76. The molecular formula is C20H24N2O3. The topological polar surface area (TPSA) is 67.5 Å². The minimum absolute atomic E-state index is 0.127. The highest BCUT2D eigenvalue weighted by Crippen LogP contribution is 2.18. The van der Waals surface area contributed by atoms with E-state index in [1.54, 1.807) is 0 Å². The summed E-state index contributed by atoms with van der Waals surface area (Å²) in [5.74, 6) is 1.64. The molecular weight excluding hydrogens is 316 g/mol. The van der Waals surface area contributed by atoms with Gasteiger partial charge in [0.15, 0.2) is 0 Å². The molecule has 1 unspecified atom stereocenters. The zero-order valence-corrected chi connectivity index (χ0v) is 14.4. The molecule has 0 saturated heterocycles. The number of aliphatic hydroxyl groups excluding tert-OH is 2. The average Bonchev–Trinajstić information content (AvgIpc) is 2.96. The highest BCUT2D eigenvalue weighted by atomic mass is 16.5. The lowest BCUT2D eigenvalue weighted by atomic mass is 10.2. The predicted molar refractivity (Wildman–Crippen MR) is 97.8 cm³/mol. The molecule has 2 aromatic carbocycles. The van der Waals surface area contributed by atoms with Gasteiger partial charge in [-0.05, 0) is 43.2 Å². The first kappa shape index (κ1) is 17.5. The Labute approximate surface area is 147 Å². The molecule has 1 heterocycles. The first-order valence-electron chi connectivity index (χ1n) is 8.60. The van der Waals surface area contributed by atoms with Crippen LogP contribution in [0.25, 0.3) is 11.0 Å². The molecule has 0 saturated carbocycles. The molecule has 0 aliphatic carbocycles. The second-order valence-corrected chi connectivity index (χ2v) is 6.24. The summed E-state index contributed by atoms with van der Waals surface area (Å²) in [6.07, 6.45) is 0.682. The van der Waals surface area contributed by atoms with Crippen molar-refractivity contribution in [1.29, 1.82) is 0 Å². The standard InChI is InChI=1S/C20H24N2O3/c1-15-6-4-7-17(12-15)25-14-16(24)13-22-19-9-3-2-8-18(19)21-20(22)10-5-11-23/h2-4,6-9,12,16,23-24H,5,10-11,13-14H2,1H3. The minimum Gasteiger partial charge on any atom is -0.491 e. The van der Waals surface area contributed by atoms with Gasteiger partial charge in [0.1, 0.15) is 24.3 Å². The second-order valence-electron chi connectivity index (χ2n) is 6.24. The highest BCUT2D eigenvalue weighted by Gasteiger charge is 2.14. The van der Waals surface area contributed by atoms with Crippen LogP contribution >= 0.6 is 0 Å². The molecule has 25 heavy (non-hydrogen) atoms. The van der Waals surface area contributed by atoms with E-state index >= 15 is 0 Å². The van der Waals surface area contributed by atoms with E-state index in [9.17, 15) is 5.11 Å². The molecule has 3 aromatic rings. The van der Waals surface area contributed by atoms with Gasteiger partial charge in [0.05, 0.1) is 17.6 Å². The zero-order valence-electron chi connectivity index (χ0n) is 14.4. The van der Waals surface area contributed by atoms with Gasteiger partial charge >= 0.3 is 0 Å². The van der Waals surface area contributed by atoms with Gasteiger partial charge in [0.25, 0.3) is 0 Å². The highest BCUT2D eigenvalue weighted by molar-refractivity contribution is 5.75. The smallest absolute Gasteiger partial charge is 0.119 e. The molecule has 0 amide bonds. The van der Waals surface area contributed by atoms with Crippen LogP contribution in [0.2, 0.25) is 0 Å². The molecule has 0 aliphatic rings.